The molecule has 8 atom stereocenters. The first kappa shape index (κ1) is 22.4. The summed E-state index contributed by atoms with van der Waals surface area (Å²) in [7, 11) is 0. The monoisotopic (exact) mass is 441 g/mol. The zero-order valence-electron chi connectivity index (χ0n) is 18.1. The SMILES string of the molecule is C[C@H]1[C@H](OC(=O)CCC(=O)NCC(=O)O)O[C@@H]2O[C@@]3(C)CC[C@H]4[C@H](C)CC[C@@H]1C24OO3. The zero-order chi connectivity index (χ0) is 22.4. The van der Waals surface area contributed by atoms with Crippen LogP contribution in [-0.2, 0) is 38.4 Å². The first-order chi connectivity index (χ1) is 14.6. The second-order valence-corrected chi connectivity index (χ2v) is 9.43. The van der Waals surface area contributed by atoms with Crippen LogP contribution >= 0.6 is 0 Å². The smallest absolute Gasteiger partial charge is 0.322 e. The fraction of sp³-hybridized carbons (Fsp3) is 0.857. The second kappa shape index (κ2) is 8.31. The molecule has 5 fully saturated rings. The number of amides is 1. The lowest BCUT2D eigenvalue weighted by Crippen LogP contribution is -2.70. The van der Waals surface area contributed by atoms with Crippen molar-refractivity contribution in [1.82, 2.24) is 5.32 Å². The quantitative estimate of drug-likeness (QED) is 0.467. The predicted octanol–water partition coefficient (Wildman–Crippen LogP) is 1.72. The number of carboxylic acid groups (broad SMARTS) is 1. The minimum Gasteiger partial charge on any atom is -0.480 e. The van der Waals surface area contributed by atoms with E-state index in [4.69, 9.17) is 29.1 Å². The van der Waals surface area contributed by atoms with Crippen LogP contribution < -0.4 is 5.32 Å². The molecule has 0 aromatic heterocycles. The molecule has 2 N–H and O–H groups in total. The largest absolute Gasteiger partial charge is 0.480 e. The summed E-state index contributed by atoms with van der Waals surface area (Å²) in [5.41, 5.74) is -0.729. The molecule has 1 aliphatic carbocycles. The van der Waals surface area contributed by atoms with Gasteiger partial charge in [-0.05, 0) is 38.0 Å². The van der Waals surface area contributed by atoms with Gasteiger partial charge in [0.25, 0.3) is 0 Å². The van der Waals surface area contributed by atoms with Gasteiger partial charge >= 0.3 is 11.9 Å². The Balaban J connectivity index is 1.44. The number of rotatable bonds is 6. The van der Waals surface area contributed by atoms with Crippen LogP contribution in [0, 0.1) is 23.7 Å². The normalized spacial score (nSPS) is 43.5. The Bertz CT molecular complexity index is 744. The molecule has 4 aliphatic heterocycles. The highest BCUT2D eigenvalue weighted by atomic mass is 17.3. The number of hydrogen-bond acceptors (Lipinski definition) is 8. The summed E-state index contributed by atoms with van der Waals surface area (Å²) in [6, 6.07) is 0. The Morgan fingerprint density at radius 3 is 2.61 bits per heavy atom. The Morgan fingerprint density at radius 1 is 1.10 bits per heavy atom. The lowest BCUT2D eigenvalue weighted by atomic mass is 9.58. The van der Waals surface area contributed by atoms with Crippen molar-refractivity contribution in [3.05, 3.63) is 0 Å². The third-order valence-corrected chi connectivity index (χ3v) is 7.34. The van der Waals surface area contributed by atoms with Crippen molar-refractivity contribution in [1.29, 1.82) is 0 Å². The minimum absolute atomic E-state index is 0.0340. The number of ether oxygens (including phenoxy) is 3. The first-order valence-electron chi connectivity index (χ1n) is 11.0. The number of fused-ring (bicyclic) bond motifs is 2. The van der Waals surface area contributed by atoms with Crippen LogP contribution in [-0.4, -0.2) is 53.5 Å². The topological polar surface area (TPSA) is 130 Å². The van der Waals surface area contributed by atoms with Crippen LogP contribution in [0.4, 0.5) is 0 Å². The van der Waals surface area contributed by atoms with E-state index in [1.165, 1.54) is 0 Å². The van der Waals surface area contributed by atoms with Crippen LogP contribution in [0.3, 0.4) is 0 Å². The molecule has 10 heteroatoms. The molecule has 1 spiro atoms. The van der Waals surface area contributed by atoms with E-state index in [9.17, 15) is 14.4 Å². The number of carbonyl (C=O) groups is 3. The van der Waals surface area contributed by atoms with E-state index in [0.717, 1.165) is 19.3 Å². The third kappa shape index (κ3) is 4.06. The van der Waals surface area contributed by atoms with E-state index in [2.05, 4.69) is 12.2 Å². The highest BCUT2D eigenvalue weighted by molar-refractivity contribution is 5.84. The van der Waals surface area contributed by atoms with Crippen LogP contribution in [0.15, 0.2) is 0 Å². The van der Waals surface area contributed by atoms with Crippen molar-refractivity contribution in [2.45, 2.75) is 83.3 Å². The fourth-order valence-corrected chi connectivity index (χ4v) is 5.67. The second-order valence-electron chi connectivity index (χ2n) is 9.43. The summed E-state index contributed by atoms with van der Waals surface area (Å²) in [6.45, 7) is 5.54. The van der Waals surface area contributed by atoms with Gasteiger partial charge in [-0.25, -0.2) is 9.78 Å². The number of aliphatic carboxylic acids is 1. The van der Waals surface area contributed by atoms with E-state index >= 15 is 0 Å². The first-order valence-corrected chi connectivity index (χ1v) is 11.0. The average Bonchev–Trinajstić information content (AvgIpc) is 2.94. The molecular formula is C21H31NO9. The average molecular weight is 441 g/mol. The summed E-state index contributed by atoms with van der Waals surface area (Å²) in [5.74, 6) is -2.62. The molecule has 174 valence electrons. The van der Waals surface area contributed by atoms with E-state index < -0.39 is 48.4 Å². The molecule has 5 rings (SSSR count). The van der Waals surface area contributed by atoms with Gasteiger partial charge in [-0.15, -0.1) is 0 Å². The number of hydrogen-bond donors (Lipinski definition) is 2. The van der Waals surface area contributed by atoms with Gasteiger partial charge in [-0.1, -0.05) is 13.8 Å². The van der Waals surface area contributed by atoms with Crippen molar-refractivity contribution < 1.29 is 43.5 Å². The number of nitrogens with one attached hydrogen (secondary N) is 1. The van der Waals surface area contributed by atoms with Crippen molar-refractivity contribution in [3.8, 4) is 0 Å². The van der Waals surface area contributed by atoms with Gasteiger partial charge in [0.2, 0.25) is 18.0 Å². The summed E-state index contributed by atoms with van der Waals surface area (Å²) in [5, 5.41) is 10.8. The van der Waals surface area contributed by atoms with Crippen molar-refractivity contribution in [2.24, 2.45) is 23.7 Å². The van der Waals surface area contributed by atoms with Crippen LogP contribution in [0.2, 0.25) is 0 Å². The molecule has 1 saturated carbocycles. The fourth-order valence-electron chi connectivity index (χ4n) is 5.67. The van der Waals surface area contributed by atoms with Crippen LogP contribution in [0.5, 0.6) is 0 Å². The molecule has 0 radical (unpaired) electrons. The summed E-state index contributed by atoms with van der Waals surface area (Å²) in [4.78, 5) is 46.4. The van der Waals surface area contributed by atoms with E-state index in [0.29, 0.717) is 12.3 Å². The Hall–Kier alpha value is -1.75. The molecule has 31 heavy (non-hydrogen) atoms. The highest BCUT2D eigenvalue weighted by Gasteiger charge is 2.69. The Kier molecular flexibility index (Phi) is 6.01. The highest BCUT2D eigenvalue weighted by Crippen LogP contribution is 2.60. The molecule has 1 amide bonds. The lowest BCUT2D eigenvalue weighted by Gasteiger charge is -2.59. The molecule has 2 bridgehead atoms. The Morgan fingerprint density at radius 2 is 1.87 bits per heavy atom. The van der Waals surface area contributed by atoms with Gasteiger partial charge in [0, 0.05) is 24.7 Å². The zero-order valence-corrected chi connectivity index (χ0v) is 18.1. The Labute approximate surface area is 180 Å². The number of carboxylic acids is 1. The number of carbonyl (C=O) groups excluding carboxylic acids is 2. The van der Waals surface area contributed by atoms with Gasteiger partial charge in [0.15, 0.2) is 11.9 Å². The molecule has 4 heterocycles. The summed E-state index contributed by atoms with van der Waals surface area (Å²) in [6.07, 6.45) is 1.67. The molecule has 4 saturated heterocycles. The van der Waals surface area contributed by atoms with Gasteiger partial charge < -0.3 is 24.6 Å². The maximum atomic E-state index is 12.4. The van der Waals surface area contributed by atoms with Gasteiger partial charge in [-0.3, -0.25) is 14.4 Å². The van der Waals surface area contributed by atoms with Crippen molar-refractivity contribution in [3.63, 3.8) is 0 Å². The van der Waals surface area contributed by atoms with Crippen LogP contribution in [0.1, 0.15) is 59.3 Å². The molecule has 10 nitrogen and oxygen atoms in total. The molecular weight excluding hydrogens is 410 g/mol. The maximum absolute atomic E-state index is 12.4. The molecule has 1 unspecified atom stereocenters. The van der Waals surface area contributed by atoms with Gasteiger partial charge in [-0.2, -0.15) is 0 Å². The molecule has 0 aromatic carbocycles. The molecule has 0 aromatic rings. The van der Waals surface area contributed by atoms with Gasteiger partial charge in [0.1, 0.15) is 6.54 Å². The van der Waals surface area contributed by atoms with E-state index in [-0.39, 0.29) is 30.6 Å². The standard InChI is InChI=1S/C21H31NO9/c1-11-4-5-14-12(2)18(27-17(26)7-6-15(23)22-10-16(24)25)28-19-21(14)13(11)8-9-20(3,29-19)30-31-21/h11-14,18-19H,4-10H2,1-3H3,(H,22,23)(H,24,25)/t11-,12-,13+,14+,18-,19-,20-,21?/m1/s1. The number of esters is 1. The van der Waals surface area contributed by atoms with E-state index in [1.807, 2.05) is 13.8 Å². The summed E-state index contributed by atoms with van der Waals surface area (Å²) >= 11 is 0. The lowest BCUT2D eigenvalue weighted by molar-refractivity contribution is -0.576. The maximum Gasteiger partial charge on any atom is 0.322 e. The van der Waals surface area contributed by atoms with Gasteiger partial charge in [0.05, 0.1) is 6.42 Å². The molecule has 5 aliphatic rings. The van der Waals surface area contributed by atoms with E-state index in [1.54, 1.807) is 0 Å². The summed E-state index contributed by atoms with van der Waals surface area (Å²) < 4.78 is 18.0. The predicted molar refractivity (Wildman–Crippen MR) is 103 cm³/mol. The van der Waals surface area contributed by atoms with Crippen LogP contribution in [0.25, 0.3) is 0 Å². The van der Waals surface area contributed by atoms with Crippen molar-refractivity contribution in [2.75, 3.05) is 6.54 Å². The van der Waals surface area contributed by atoms with Crippen molar-refractivity contribution >= 4 is 17.8 Å². The minimum atomic E-state index is -1.15. The third-order valence-electron chi connectivity index (χ3n) is 7.34.